The topological polar surface area (TPSA) is 58.4 Å². The highest BCUT2D eigenvalue weighted by atomic mass is 16.3. The van der Waals surface area contributed by atoms with Gasteiger partial charge in [0, 0.05) is 26.2 Å². The second kappa shape index (κ2) is 5.52. The Morgan fingerprint density at radius 2 is 2.39 bits per heavy atom. The molecule has 1 unspecified atom stereocenters. The van der Waals surface area contributed by atoms with E-state index in [9.17, 15) is 4.79 Å². The van der Waals surface area contributed by atoms with E-state index in [1.807, 2.05) is 24.8 Å². The maximum absolute atomic E-state index is 12.4. The first-order chi connectivity index (χ1) is 8.65. The van der Waals surface area contributed by atoms with Gasteiger partial charge < -0.3 is 10.0 Å². The quantitative estimate of drug-likeness (QED) is 0.870. The van der Waals surface area contributed by atoms with Crippen molar-refractivity contribution in [1.29, 1.82) is 0 Å². The minimum atomic E-state index is 0.0675. The number of carbonyl (C=O) groups is 1. The molecule has 1 aromatic heterocycles. The highest BCUT2D eigenvalue weighted by Crippen LogP contribution is 2.21. The van der Waals surface area contributed by atoms with Gasteiger partial charge >= 0.3 is 0 Å². The summed E-state index contributed by atoms with van der Waals surface area (Å²) >= 11 is 0. The Kier molecular flexibility index (Phi) is 4.01. The fourth-order valence-electron chi connectivity index (χ4n) is 2.56. The highest BCUT2D eigenvalue weighted by Gasteiger charge is 2.28. The van der Waals surface area contributed by atoms with E-state index in [0.29, 0.717) is 18.2 Å². The van der Waals surface area contributed by atoms with Crippen molar-refractivity contribution >= 4 is 5.91 Å². The molecule has 1 aliphatic heterocycles. The third-order valence-electron chi connectivity index (χ3n) is 3.53. The maximum Gasteiger partial charge on any atom is 0.272 e. The normalized spacial score (nSPS) is 19.5. The van der Waals surface area contributed by atoms with E-state index in [4.69, 9.17) is 5.11 Å². The molecule has 1 saturated heterocycles. The Balaban J connectivity index is 2.07. The zero-order valence-corrected chi connectivity index (χ0v) is 11.1. The Hall–Kier alpha value is -1.36. The maximum atomic E-state index is 12.4. The van der Waals surface area contributed by atoms with Gasteiger partial charge in [-0.05, 0) is 38.7 Å². The monoisotopic (exact) mass is 251 g/mol. The van der Waals surface area contributed by atoms with Gasteiger partial charge in [-0.3, -0.25) is 9.48 Å². The molecule has 2 rings (SSSR count). The molecule has 1 aromatic rings. The number of likely N-dealkylation sites (tertiary alicyclic amines) is 1. The zero-order chi connectivity index (χ0) is 13.1. The number of aryl methyl sites for hydroxylation is 2. The molecule has 100 valence electrons. The van der Waals surface area contributed by atoms with Crippen LogP contribution >= 0.6 is 0 Å². The highest BCUT2D eigenvalue weighted by molar-refractivity contribution is 5.92. The van der Waals surface area contributed by atoms with Gasteiger partial charge in [-0.1, -0.05) is 0 Å². The lowest BCUT2D eigenvalue weighted by atomic mass is 10.1. The van der Waals surface area contributed by atoms with E-state index in [1.165, 1.54) is 0 Å². The lowest BCUT2D eigenvalue weighted by Crippen LogP contribution is -2.30. The van der Waals surface area contributed by atoms with Crippen molar-refractivity contribution in [1.82, 2.24) is 14.7 Å². The molecule has 0 aliphatic carbocycles. The van der Waals surface area contributed by atoms with Crippen LogP contribution in [-0.4, -0.2) is 45.4 Å². The molecule has 0 radical (unpaired) electrons. The molecule has 1 atom stereocenters. The van der Waals surface area contributed by atoms with E-state index < -0.39 is 0 Å². The standard InChI is InChI=1S/C13H21N3O2/c1-3-16-12(8-10(2)14-16)13(18)15-6-4-11(9-15)5-7-17/h8,11,17H,3-7,9H2,1-2H3. The molecule has 5 heteroatoms. The van der Waals surface area contributed by atoms with Gasteiger partial charge in [-0.25, -0.2) is 0 Å². The SMILES string of the molecule is CCn1nc(C)cc1C(=O)N1CCC(CCO)C1. The first-order valence-corrected chi connectivity index (χ1v) is 6.60. The van der Waals surface area contributed by atoms with E-state index >= 15 is 0 Å². The summed E-state index contributed by atoms with van der Waals surface area (Å²) < 4.78 is 1.76. The smallest absolute Gasteiger partial charge is 0.272 e. The average Bonchev–Trinajstić information content (AvgIpc) is 2.95. The minimum Gasteiger partial charge on any atom is -0.396 e. The van der Waals surface area contributed by atoms with Gasteiger partial charge in [-0.2, -0.15) is 5.10 Å². The number of hydrogen-bond acceptors (Lipinski definition) is 3. The van der Waals surface area contributed by atoms with Crippen molar-refractivity contribution in [3.05, 3.63) is 17.5 Å². The molecule has 1 N–H and O–H groups in total. The largest absolute Gasteiger partial charge is 0.396 e. The molecule has 18 heavy (non-hydrogen) atoms. The third kappa shape index (κ3) is 2.56. The van der Waals surface area contributed by atoms with Crippen LogP contribution in [0.25, 0.3) is 0 Å². The van der Waals surface area contributed by atoms with Gasteiger partial charge in [-0.15, -0.1) is 0 Å². The minimum absolute atomic E-state index is 0.0675. The molecule has 0 bridgehead atoms. The Morgan fingerprint density at radius 3 is 3.06 bits per heavy atom. The number of hydrogen-bond donors (Lipinski definition) is 1. The number of amides is 1. The number of aliphatic hydroxyl groups excluding tert-OH is 1. The summed E-state index contributed by atoms with van der Waals surface area (Å²) in [5.41, 5.74) is 1.56. The van der Waals surface area contributed by atoms with Crippen LogP contribution in [0, 0.1) is 12.8 Å². The van der Waals surface area contributed by atoms with Crippen LogP contribution in [-0.2, 0) is 6.54 Å². The lowest BCUT2D eigenvalue weighted by Gasteiger charge is -2.16. The number of nitrogens with zero attached hydrogens (tertiary/aromatic N) is 3. The first-order valence-electron chi connectivity index (χ1n) is 6.60. The zero-order valence-electron chi connectivity index (χ0n) is 11.1. The first kappa shape index (κ1) is 13.1. The van der Waals surface area contributed by atoms with Crippen molar-refractivity contribution in [2.24, 2.45) is 5.92 Å². The van der Waals surface area contributed by atoms with Gasteiger partial charge in [0.05, 0.1) is 5.69 Å². The molecule has 2 heterocycles. The third-order valence-corrected chi connectivity index (χ3v) is 3.53. The second-order valence-corrected chi connectivity index (χ2v) is 4.90. The fraction of sp³-hybridized carbons (Fsp3) is 0.692. The van der Waals surface area contributed by atoms with Crippen molar-refractivity contribution in [3.8, 4) is 0 Å². The van der Waals surface area contributed by atoms with E-state index in [1.54, 1.807) is 4.68 Å². The molecule has 0 spiro atoms. The van der Waals surface area contributed by atoms with Crippen molar-refractivity contribution in [3.63, 3.8) is 0 Å². The predicted molar refractivity (Wildman–Crippen MR) is 68.4 cm³/mol. The number of aromatic nitrogens is 2. The summed E-state index contributed by atoms with van der Waals surface area (Å²) in [4.78, 5) is 14.3. The van der Waals surface area contributed by atoms with Crippen LogP contribution in [0.3, 0.4) is 0 Å². The Morgan fingerprint density at radius 1 is 1.61 bits per heavy atom. The molecule has 0 saturated carbocycles. The number of carbonyl (C=O) groups excluding carboxylic acids is 1. The fourth-order valence-corrected chi connectivity index (χ4v) is 2.56. The Bertz CT molecular complexity index is 428. The molecule has 1 fully saturated rings. The molecular weight excluding hydrogens is 230 g/mol. The summed E-state index contributed by atoms with van der Waals surface area (Å²) in [7, 11) is 0. The summed E-state index contributed by atoms with van der Waals surface area (Å²) in [6.45, 7) is 6.36. The van der Waals surface area contributed by atoms with Crippen LogP contribution in [0.2, 0.25) is 0 Å². The van der Waals surface area contributed by atoms with Crippen LogP contribution in [0.4, 0.5) is 0 Å². The molecular formula is C13H21N3O2. The van der Waals surface area contributed by atoms with E-state index in [0.717, 1.165) is 31.6 Å². The van der Waals surface area contributed by atoms with Crippen molar-refractivity contribution in [2.45, 2.75) is 33.2 Å². The molecule has 5 nitrogen and oxygen atoms in total. The molecule has 1 aliphatic rings. The number of aliphatic hydroxyl groups is 1. The summed E-state index contributed by atoms with van der Waals surface area (Å²) in [6, 6.07) is 1.85. The van der Waals surface area contributed by atoms with E-state index in [-0.39, 0.29) is 12.5 Å². The molecule has 1 amide bonds. The van der Waals surface area contributed by atoms with Crippen LogP contribution < -0.4 is 0 Å². The predicted octanol–water partition coefficient (Wildman–Crippen LogP) is 1.06. The van der Waals surface area contributed by atoms with Crippen LogP contribution in [0.15, 0.2) is 6.07 Å². The summed E-state index contributed by atoms with van der Waals surface area (Å²) in [5.74, 6) is 0.510. The van der Waals surface area contributed by atoms with E-state index in [2.05, 4.69) is 5.10 Å². The van der Waals surface area contributed by atoms with Crippen LogP contribution in [0.1, 0.15) is 35.9 Å². The van der Waals surface area contributed by atoms with Crippen molar-refractivity contribution in [2.75, 3.05) is 19.7 Å². The molecule has 0 aromatic carbocycles. The summed E-state index contributed by atoms with van der Waals surface area (Å²) in [6.07, 6.45) is 1.78. The number of rotatable bonds is 4. The van der Waals surface area contributed by atoms with Gasteiger partial charge in [0.2, 0.25) is 0 Å². The van der Waals surface area contributed by atoms with Gasteiger partial charge in [0.15, 0.2) is 0 Å². The lowest BCUT2D eigenvalue weighted by molar-refractivity contribution is 0.0772. The average molecular weight is 251 g/mol. The van der Waals surface area contributed by atoms with Gasteiger partial charge in [0.1, 0.15) is 5.69 Å². The van der Waals surface area contributed by atoms with Crippen LogP contribution in [0.5, 0.6) is 0 Å². The van der Waals surface area contributed by atoms with Gasteiger partial charge in [0.25, 0.3) is 5.91 Å². The Labute approximate surface area is 107 Å². The second-order valence-electron chi connectivity index (χ2n) is 4.90. The van der Waals surface area contributed by atoms with Crippen molar-refractivity contribution < 1.29 is 9.90 Å². The summed E-state index contributed by atoms with van der Waals surface area (Å²) in [5, 5.41) is 13.2.